The highest BCUT2D eigenvalue weighted by molar-refractivity contribution is 5.90. The van der Waals surface area contributed by atoms with Gasteiger partial charge in [0.05, 0.1) is 6.61 Å². The maximum absolute atomic E-state index is 11.5. The van der Waals surface area contributed by atoms with Gasteiger partial charge in [0.1, 0.15) is 5.75 Å². The zero-order chi connectivity index (χ0) is 11.4. The zero-order valence-electron chi connectivity index (χ0n) is 9.16. The van der Waals surface area contributed by atoms with Crippen LogP contribution in [0.1, 0.15) is 18.4 Å². The second-order valence-electron chi connectivity index (χ2n) is 3.86. The summed E-state index contributed by atoms with van der Waals surface area (Å²) in [6, 6.07) is 5.74. The molecule has 0 fully saturated rings. The summed E-state index contributed by atoms with van der Waals surface area (Å²) in [7, 11) is 0. The Hall–Kier alpha value is -1.55. The third kappa shape index (κ3) is 2.52. The molecule has 86 valence electrons. The van der Waals surface area contributed by atoms with Crippen molar-refractivity contribution in [2.75, 3.05) is 18.5 Å². The van der Waals surface area contributed by atoms with Gasteiger partial charge in [-0.25, -0.2) is 0 Å². The second kappa shape index (κ2) is 4.99. The number of ether oxygens (including phenoxy) is 1. The average molecular weight is 220 g/mol. The minimum absolute atomic E-state index is 0.0179. The normalized spacial score (nSPS) is 13.1. The predicted molar refractivity (Wildman–Crippen MR) is 62.6 cm³/mol. The maximum atomic E-state index is 11.5. The van der Waals surface area contributed by atoms with Crippen molar-refractivity contribution in [3.63, 3.8) is 0 Å². The van der Waals surface area contributed by atoms with E-state index < -0.39 is 0 Å². The summed E-state index contributed by atoms with van der Waals surface area (Å²) in [4.78, 5) is 11.5. The smallest absolute Gasteiger partial charge is 0.224 e. The Kier molecular flexibility index (Phi) is 3.41. The van der Waals surface area contributed by atoms with E-state index in [1.807, 2.05) is 18.2 Å². The van der Waals surface area contributed by atoms with Gasteiger partial charge in [-0.3, -0.25) is 4.79 Å². The van der Waals surface area contributed by atoms with Crippen molar-refractivity contribution in [3.8, 4) is 5.75 Å². The molecule has 1 aliphatic heterocycles. The van der Waals surface area contributed by atoms with E-state index in [1.165, 1.54) is 0 Å². The number of nitrogens with one attached hydrogen (secondary N) is 1. The molecule has 1 amide bonds. The van der Waals surface area contributed by atoms with Crippen LogP contribution in [-0.4, -0.2) is 19.1 Å². The third-order valence-electron chi connectivity index (χ3n) is 2.58. The lowest BCUT2D eigenvalue weighted by Gasteiger charge is -2.06. The van der Waals surface area contributed by atoms with Crippen molar-refractivity contribution in [1.82, 2.24) is 0 Å². The van der Waals surface area contributed by atoms with Gasteiger partial charge in [0, 0.05) is 18.5 Å². The van der Waals surface area contributed by atoms with Gasteiger partial charge in [-0.2, -0.15) is 0 Å². The van der Waals surface area contributed by atoms with Gasteiger partial charge in [0.25, 0.3) is 0 Å². The van der Waals surface area contributed by atoms with E-state index in [9.17, 15) is 4.79 Å². The van der Waals surface area contributed by atoms with E-state index in [4.69, 9.17) is 10.5 Å². The van der Waals surface area contributed by atoms with Gasteiger partial charge >= 0.3 is 0 Å². The lowest BCUT2D eigenvalue weighted by molar-refractivity contribution is -0.116. The zero-order valence-corrected chi connectivity index (χ0v) is 9.16. The first-order chi connectivity index (χ1) is 7.79. The van der Waals surface area contributed by atoms with Crippen molar-refractivity contribution < 1.29 is 9.53 Å². The molecule has 0 saturated heterocycles. The predicted octanol–water partition coefficient (Wildman–Crippen LogP) is 1.30. The molecule has 0 atom stereocenters. The highest BCUT2D eigenvalue weighted by Gasteiger charge is 2.12. The highest BCUT2D eigenvalue weighted by Crippen LogP contribution is 2.27. The summed E-state index contributed by atoms with van der Waals surface area (Å²) in [6.07, 6.45) is 2.12. The standard InChI is InChI=1S/C12H16N2O2/c13-6-1-2-12(15)14-10-3-4-11-9(8-10)5-7-16-11/h3-4,8H,1-2,5-7,13H2,(H,14,15). The van der Waals surface area contributed by atoms with Gasteiger partial charge in [0.2, 0.25) is 5.91 Å². The molecule has 0 aromatic heterocycles. The van der Waals surface area contributed by atoms with E-state index in [0.717, 1.165) is 36.4 Å². The summed E-state index contributed by atoms with van der Waals surface area (Å²) in [5, 5.41) is 2.86. The minimum Gasteiger partial charge on any atom is -0.493 e. The number of fused-ring (bicyclic) bond motifs is 1. The van der Waals surface area contributed by atoms with Gasteiger partial charge in [0.15, 0.2) is 0 Å². The average Bonchev–Trinajstić information content (AvgIpc) is 2.73. The van der Waals surface area contributed by atoms with Crippen LogP contribution in [-0.2, 0) is 11.2 Å². The molecular formula is C12H16N2O2. The molecule has 4 nitrogen and oxygen atoms in total. The number of carbonyl (C=O) groups is 1. The molecule has 0 radical (unpaired) electrons. The Balaban J connectivity index is 1.97. The van der Waals surface area contributed by atoms with Gasteiger partial charge in [-0.15, -0.1) is 0 Å². The number of hydrogen-bond donors (Lipinski definition) is 2. The van der Waals surface area contributed by atoms with E-state index >= 15 is 0 Å². The topological polar surface area (TPSA) is 64.4 Å². The Morgan fingerprint density at radius 3 is 3.19 bits per heavy atom. The van der Waals surface area contributed by atoms with Crippen LogP contribution in [0, 0.1) is 0 Å². The molecule has 2 rings (SSSR count). The molecule has 0 bridgehead atoms. The highest BCUT2D eigenvalue weighted by atomic mass is 16.5. The number of amides is 1. The van der Waals surface area contributed by atoms with Crippen LogP contribution >= 0.6 is 0 Å². The SMILES string of the molecule is NCCCC(=O)Nc1ccc2c(c1)CCO2. The van der Waals surface area contributed by atoms with Crippen LogP contribution in [0.3, 0.4) is 0 Å². The summed E-state index contributed by atoms with van der Waals surface area (Å²) >= 11 is 0. The van der Waals surface area contributed by atoms with Crippen molar-refractivity contribution in [1.29, 1.82) is 0 Å². The molecule has 0 unspecified atom stereocenters. The molecule has 1 aliphatic rings. The molecule has 0 spiro atoms. The number of anilines is 1. The Morgan fingerprint density at radius 1 is 1.50 bits per heavy atom. The molecule has 4 heteroatoms. The van der Waals surface area contributed by atoms with Crippen LogP contribution < -0.4 is 15.8 Å². The fourth-order valence-electron chi connectivity index (χ4n) is 1.75. The van der Waals surface area contributed by atoms with Gasteiger partial charge < -0.3 is 15.8 Å². The maximum Gasteiger partial charge on any atom is 0.224 e. The first-order valence-corrected chi connectivity index (χ1v) is 5.55. The Bertz CT molecular complexity index is 391. The molecule has 0 saturated carbocycles. The van der Waals surface area contributed by atoms with E-state index in [0.29, 0.717) is 13.0 Å². The second-order valence-corrected chi connectivity index (χ2v) is 3.86. The van der Waals surface area contributed by atoms with Gasteiger partial charge in [-0.05, 0) is 36.7 Å². The Morgan fingerprint density at radius 2 is 2.38 bits per heavy atom. The Labute approximate surface area is 94.8 Å². The largest absolute Gasteiger partial charge is 0.493 e. The van der Waals surface area contributed by atoms with E-state index in [2.05, 4.69) is 5.32 Å². The molecule has 1 aromatic rings. The minimum atomic E-state index is 0.0179. The number of rotatable bonds is 4. The van der Waals surface area contributed by atoms with Crippen LogP contribution in [0.25, 0.3) is 0 Å². The first kappa shape index (κ1) is 11.0. The van der Waals surface area contributed by atoms with Crippen LogP contribution in [0.5, 0.6) is 5.75 Å². The van der Waals surface area contributed by atoms with Crippen LogP contribution in [0.2, 0.25) is 0 Å². The van der Waals surface area contributed by atoms with E-state index in [-0.39, 0.29) is 5.91 Å². The molecular weight excluding hydrogens is 204 g/mol. The van der Waals surface area contributed by atoms with Crippen molar-refractivity contribution in [3.05, 3.63) is 23.8 Å². The lowest BCUT2D eigenvalue weighted by atomic mass is 10.1. The molecule has 1 heterocycles. The quantitative estimate of drug-likeness (QED) is 0.803. The monoisotopic (exact) mass is 220 g/mol. The molecule has 1 aromatic carbocycles. The van der Waals surface area contributed by atoms with Gasteiger partial charge in [-0.1, -0.05) is 0 Å². The number of nitrogens with two attached hydrogens (primary N) is 1. The first-order valence-electron chi connectivity index (χ1n) is 5.55. The number of benzene rings is 1. The lowest BCUT2D eigenvalue weighted by Crippen LogP contribution is -2.13. The molecule has 3 N–H and O–H groups in total. The number of carbonyl (C=O) groups excluding carboxylic acids is 1. The van der Waals surface area contributed by atoms with Crippen LogP contribution in [0.15, 0.2) is 18.2 Å². The summed E-state index contributed by atoms with van der Waals surface area (Å²) in [5.74, 6) is 0.948. The summed E-state index contributed by atoms with van der Waals surface area (Å²) in [6.45, 7) is 1.28. The summed E-state index contributed by atoms with van der Waals surface area (Å²) in [5.41, 5.74) is 7.35. The molecule has 16 heavy (non-hydrogen) atoms. The molecule has 0 aliphatic carbocycles. The fourth-order valence-corrected chi connectivity index (χ4v) is 1.75. The van der Waals surface area contributed by atoms with Crippen molar-refractivity contribution in [2.45, 2.75) is 19.3 Å². The van der Waals surface area contributed by atoms with E-state index in [1.54, 1.807) is 0 Å². The van der Waals surface area contributed by atoms with Crippen molar-refractivity contribution in [2.24, 2.45) is 5.73 Å². The summed E-state index contributed by atoms with van der Waals surface area (Å²) < 4.78 is 5.39. The van der Waals surface area contributed by atoms with Crippen LogP contribution in [0.4, 0.5) is 5.69 Å². The third-order valence-corrected chi connectivity index (χ3v) is 2.58. The number of hydrogen-bond acceptors (Lipinski definition) is 3. The fraction of sp³-hybridized carbons (Fsp3) is 0.417. The van der Waals surface area contributed by atoms with Crippen molar-refractivity contribution >= 4 is 11.6 Å².